The third kappa shape index (κ3) is 5.78. The first kappa shape index (κ1) is 28.2. The number of ketones is 1. The molecule has 11 nitrogen and oxygen atoms in total. The van der Waals surface area contributed by atoms with E-state index >= 15 is 0 Å². The van der Waals surface area contributed by atoms with E-state index in [1.165, 1.54) is 18.5 Å². The zero-order valence-corrected chi connectivity index (χ0v) is 20.8. The van der Waals surface area contributed by atoms with Crippen LogP contribution in [-0.4, -0.2) is 67.9 Å². The smallest absolute Gasteiger partial charge is 0.475 e. The first-order chi connectivity index (χ1) is 17.9. The summed E-state index contributed by atoms with van der Waals surface area (Å²) in [5.41, 5.74) is 0.593. The van der Waals surface area contributed by atoms with Crippen molar-refractivity contribution in [2.75, 3.05) is 31.1 Å². The van der Waals surface area contributed by atoms with Gasteiger partial charge in [0.05, 0.1) is 12.2 Å². The lowest BCUT2D eigenvalue weighted by atomic mass is 10.1. The van der Waals surface area contributed by atoms with Crippen molar-refractivity contribution in [3.63, 3.8) is 0 Å². The van der Waals surface area contributed by atoms with Crippen molar-refractivity contribution in [1.82, 2.24) is 24.0 Å². The zero-order valence-electron chi connectivity index (χ0n) is 20.8. The minimum atomic E-state index is -5.08. The van der Waals surface area contributed by atoms with E-state index in [1.54, 1.807) is 35.8 Å². The van der Waals surface area contributed by atoms with Gasteiger partial charge in [-0.25, -0.2) is 14.2 Å². The molecule has 14 heteroatoms. The Hall–Kier alpha value is -4.38. The number of nitrogens with zero attached hydrogens (tertiary/aromatic N) is 5. The Labute approximate surface area is 214 Å². The van der Waals surface area contributed by atoms with Crippen molar-refractivity contribution < 1.29 is 27.9 Å². The Balaban J connectivity index is 0.000000505. The molecule has 1 fully saturated rings. The number of alkyl halides is 3. The fourth-order valence-corrected chi connectivity index (χ4v) is 3.79. The van der Waals surface area contributed by atoms with Crippen LogP contribution in [-0.2, 0) is 18.4 Å². The van der Waals surface area contributed by atoms with Gasteiger partial charge in [0.1, 0.15) is 0 Å². The number of carbonyl (C=O) groups is 2. The molecule has 0 atom stereocenters. The highest BCUT2D eigenvalue weighted by Crippen LogP contribution is 2.22. The Kier molecular flexibility index (Phi) is 8.42. The third-order valence-corrected chi connectivity index (χ3v) is 5.69. The predicted molar refractivity (Wildman–Crippen MR) is 133 cm³/mol. The van der Waals surface area contributed by atoms with Gasteiger partial charge in [-0.3, -0.25) is 18.7 Å². The molecule has 1 aliphatic rings. The molecule has 2 N–H and O–H groups in total. The standard InChI is InChI=1S/C22H24N6O3.C2HF3O2/c1-4-5-11-27-18-19(24-21(27)26-12-9-23-10-13-26)28(22(31)25(3)20(18)30)17-8-6-7-16(14-17)15(2)29;3-2(4,5)1(6)7/h6-8,14,23H,9-13H2,1-3H3;(H,6,7). The molecule has 38 heavy (non-hydrogen) atoms. The van der Waals surface area contributed by atoms with Crippen molar-refractivity contribution in [2.45, 2.75) is 26.6 Å². The average molecular weight is 534 g/mol. The second kappa shape index (κ2) is 11.3. The number of fused-ring (bicyclic) bond motifs is 1. The van der Waals surface area contributed by atoms with Gasteiger partial charge in [0.25, 0.3) is 5.56 Å². The SMILES string of the molecule is CC#CCn1c(N2CCNCC2)nc2c1c(=O)n(C)c(=O)n2-c1cccc(C(C)=O)c1.O=C(O)C(F)(F)F. The van der Waals surface area contributed by atoms with Crippen molar-refractivity contribution in [2.24, 2.45) is 7.05 Å². The van der Waals surface area contributed by atoms with Gasteiger partial charge in [-0.05, 0) is 26.0 Å². The number of halogens is 3. The molecule has 1 aliphatic heterocycles. The van der Waals surface area contributed by atoms with Crippen molar-refractivity contribution in [3.8, 4) is 17.5 Å². The lowest BCUT2D eigenvalue weighted by Gasteiger charge is -2.28. The fourth-order valence-electron chi connectivity index (χ4n) is 3.79. The first-order valence-electron chi connectivity index (χ1n) is 11.4. The Morgan fingerprint density at radius 1 is 1.18 bits per heavy atom. The van der Waals surface area contributed by atoms with E-state index in [1.807, 2.05) is 0 Å². The molecule has 0 amide bonds. The van der Waals surface area contributed by atoms with Crippen molar-refractivity contribution >= 4 is 28.9 Å². The molecule has 1 aromatic carbocycles. The Morgan fingerprint density at radius 3 is 2.37 bits per heavy atom. The average Bonchev–Trinajstić information content (AvgIpc) is 3.25. The summed E-state index contributed by atoms with van der Waals surface area (Å²) in [6.45, 7) is 6.56. The van der Waals surface area contributed by atoms with E-state index in [0.29, 0.717) is 22.7 Å². The van der Waals surface area contributed by atoms with Gasteiger partial charge in [-0.2, -0.15) is 18.2 Å². The Morgan fingerprint density at radius 2 is 1.82 bits per heavy atom. The van der Waals surface area contributed by atoms with Crippen LogP contribution in [0.4, 0.5) is 19.1 Å². The summed E-state index contributed by atoms with van der Waals surface area (Å²) in [6, 6.07) is 6.78. The molecule has 202 valence electrons. The summed E-state index contributed by atoms with van der Waals surface area (Å²) in [5.74, 6) is 3.63. The van der Waals surface area contributed by atoms with Gasteiger partial charge in [-0.15, -0.1) is 5.92 Å². The number of carboxylic acids is 1. The van der Waals surface area contributed by atoms with Gasteiger partial charge in [-0.1, -0.05) is 18.1 Å². The quantitative estimate of drug-likeness (QED) is 0.377. The van der Waals surface area contributed by atoms with E-state index < -0.39 is 23.4 Å². The van der Waals surface area contributed by atoms with Crippen LogP contribution < -0.4 is 21.5 Å². The summed E-state index contributed by atoms with van der Waals surface area (Å²) in [6.07, 6.45) is -5.08. The third-order valence-electron chi connectivity index (χ3n) is 5.69. The highest BCUT2D eigenvalue weighted by atomic mass is 19.4. The maximum absolute atomic E-state index is 13.1. The number of aliphatic carboxylic acids is 1. The summed E-state index contributed by atoms with van der Waals surface area (Å²) in [7, 11) is 1.45. The van der Waals surface area contributed by atoms with Crippen LogP contribution in [0, 0.1) is 11.8 Å². The van der Waals surface area contributed by atoms with Crippen LogP contribution in [0.3, 0.4) is 0 Å². The van der Waals surface area contributed by atoms with Crippen LogP contribution in [0.2, 0.25) is 0 Å². The lowest BCUT2D eigenvalue weighted by Crippen LogP contribution is -2.44. The lowest BCUT2D eigenvalue weighted by molar-refractivity contribution is -0.192. The molecule has 0 unspecified atom stereocenters. The van der Waals surface area contributed by atoms with Crippen LogP contribution >= 0.6 is 0 Å². The van der Waals surface area contributed by atoms with E-state index in [-0.39, 0.29) is 18.0 Å². The van der Waals surface area contributed by atoms with E-state index in [9.17, 15) is 27.6 Å². The predicted octanol–water partition coefficient (Wildman–Crippen LogP) is 1.15. The maximum Gasteiger partial charge on any atom is 0.490 e. The molecule has 2 aromatic heterocycles. The second-order valence-electron chi connectivity index (χ2n) is 8.23. The normalized spacial score (nSPS) is 13.4. The van der Waals surface area contributed by atoms with Crippen LogP contribution in [0.25, 0.3) is 16.9 Å². The molecule has 0 spiro atoms. The second-order valence-corrected chi connectivity index (χ2v) is 8.23. The summed E-state index contributed by atoms with van der Waals surface area (Å²) < 4.78 is 36.0. The summed E-state index contributed by atoms with van der Waals surface area (Å²) in [5, 5.41) is 10.4. The largest absolute Gasteiger partial charge is 0.490 e. The number of carbonyl (C=O) groups excluding carboxylic acids is 1. The molecule has 3 heterocycles. The van der Waals surface area contributed by atoms with Gasteiger partial charge in [0, 0.05) is 38.8 Å². The monoisotopic (exact) mass is 534 g/mol. The molecule has 4 rings (SSSR count). The number of anilines is 1. The molecule has 3 aromatic rings. The van der Waals surface area contributed by atoms with Crippen LogP contribution in [0.1, 0.15) is 24.2 Å². The van der Waals surface area contributed by atoms with E-state index in [4.69, 9.17) is 14.9 Å². The molecule has 0 bridgehead atoms. The van der Waals surface area contributed by atoms with Crippen molar-refractivity contribution in [1.29, 1.82) is 0 Å². The molecular weight excluding hydrogens is 509 g/mol. The van der Waals surface area contributed by atoms with Gasteiger partial charge < -0.3 is 15.3 Å². The van der Waals surface area contributed by atoms with E-state index in [0.717, 1.165) is 30.7 Å². The molecule has 0 aliphatic carbocycles. The number of Topliss-reactive ketones (excluding diaryl/α,β-unsaturated/α-hetero) is 1. The number of benzene rings is 1. The molecule has 0 saturated carbocycles. The number of piperazine rings is 1. The first-order valence-corrected chi connectivity index (χ1v) is 11.4. The topological polar surface area (TPSA) is 131 Å². The van der Waals surface area contributed by atoms with Gasteiger partial charge in [0.15, 0.2) is 16.9 Å². The maximum atomic E-state index is 13.1. The van der Waals surface area contributed by atoms with Gasteiger partial charge in [0.2, 0.25) is 5.95 Å². The number of rotatable bonds is 4. The van der Waals surface area contributed by atoms with Crippen LogP contribution in [0.15, 0.2) is 33.9 Å². The van der Waals surface area contributed by atoms with Gasteiger partial charge >= 0.3 is 17.8 Å². The zero-order chi connectivity index (χ0) is 28.2. The number of hydrogen-bond donors (Lipinski definition) is 2. The highest BCUT2D eigenvalue weighted by molar-refractivity contribution is 5.94. The fraction of sp³-hybridized carbons (Fsp3) is 0.375. The van der Waals surface area contributed by atoms with Crippen molar-refractivity contribution in [3.05, 3.63) is 50.7 Å². The number of hydrogen-bond acceptors (Lipinski definition) is 7. The summed E-state index contributed by atoms with van der Waals surface area (Å²) >= 11 is 0. The molecular formula is C24H25F3N6O5. The highest BCUT2D eigenvalue weighted by Gasteiger charge is 2.38. The molecule has 1 saturated heterocycles. The minimum absolute atomic E-state index is 0.110. The molecule has 0 radical (unpaired) electrons. The van der Waals surface area contributed by atoms with Crippen LogP contribution in [0.5, 0.6) is 0 Å². The number of aromatic nitrogens is 4. The minimum Gasteiger partial charge on any atom is -0.475 e. The summed E-state index contributed by atoms with van der Waals surface area (Å²) in [4.78, 5) is 53.9. The Bertz CT molecular complexity index is 1550. The number of imidazole rings is 1. The number of carboxylic acid groups (broad SMARTS) is 1. The number of nitrogens with one attached hydrogen (secondary N) is 1. The van der Waals surface area contributed by atoms with E-state index in [2.05, 4.69) is 22.1 Å².